The third-order valence-electron chi connectivity index (χ3n) is 4.86. The lowest BCUT2D eigenvalue weighted by Crippen LogP contribution is -2.44. The van der Waals surface area contributed by atoms with Crippen LogP contribution in [0.5, 0.6) is 0 Å². The van der Waals surface area contributed by atoms with Gasteiger partial charge in [0.1, 0.15) is 0 Å². The first kappa shape index (κ1) is 20.0. The number of guanidine groups is 1. The van der Waals surface area contributed by atoms with Crippen molar-refractivity contribution in [2.75, 3.05) is 26.2 Å². The van der Waals surface area contributed by atoms with Crippen molar-refractivity contribution in [2.24, 2.45) is 10.9 Å². The van der Waals surface area contributed by atoms with Crippen LogP contribution in [0.2, 0.25) is 0 Å². The summed E-state index contributed by atoms with van der Waals surface area (Å²) in [7, 11) is 0. The number of aliphatic imine (C=N–C) groups is 1. The third kappa shape index (κ3) is 6.22. The number of nitrogens with one attached hydrogen (secondary N) is 2. The Bertz CT molecular complexity index is 321. The second kappa shape index (κ2) is 10.7. The summed E-state index contributed by atoms with van der Waals surface area (Å²) in [5.41, 5.74) is 0. The highest BCUT2D eigenvalue weighted by Gasteiger charge is 2.24. The molecular weight excluding hydrogens is 387 g/mol. The van der Waals surface area contributed by atoms with Gasteiger partial charge in [0, 0.05) is 18.6 Å². The van der Waals surface area contributed by atoms with E-state index in [1.807, 2.05) is 0 Å². The van der Waals surface area contributed by atoms with Gasteiger partial charge in [0.15, 0.2) is 5.96 Å². The predicted octanol–water partition coefficient (Wildman–Crippen LogP) is 3.22. The van der Waals surface area contributed by atoms with Crippen molar-refractivity contribution in [1.82, 2.24) is 15.5 Å². The van der Waals surface area contributed by atoms with Gasteiger partial charge in [-0.2, -0.15) is 0 Å². The van der Waals surface area contributed by atoms with Crippen LogP contribution in [-0.4, -0.2) is 49.1 Å². The molecule has 1 saturated carbocycles. The van der Waals surface area contributed by atoms with Crippen molar-refractivity contribution in [1.29, 1.82) is 0 Å². The van der Waals surface area contributed by atoms with Crippen LogP contribution >= 0.6 is 24.0 Å². The van der Waals surface area contributed by atoms with E-state index in [0.717, 1.165) is 19.0 Å². The number of nitrogens with zero attached hydrogens (tertiary/aromatic N) is 2. The highest BCUT2D eigenvalue weighted by Crippen LogP contribution is 2.19. The number of halogens is 1. The molecule has 130 valence electrons. The van der Waals surface area contributed by atoms with Gasteiger partial charge in [-0.25, -0.2) is 0 Å². The highest BCUT2D eigenvalue weighted by molar-refractivity contribution is 14.0. The van der Waals surface area contributed by atoms with Crippen LogP contribution in [0.3, 0.4) is 0 Å². The lowest BCUT2D eigenvalue weighted by atomic mass is 10.0. The second-order valence-corrected chi connectivity index (χ2v) is 6.90. The van der Waals surface area contributed by atoms with Crippen LogP contribution in [0.4, 0.5) is 0 Å². The lowest BCUT2D eigenvalue weighted by molar-refractivity contribution is 0.197. The van der Waals surface area contributed by atoms with Gasteiger partial charge in [0.25, 0.3) is 0 Å². The van der Waals surface area contributed by atoms with E-state index in [-0.39, 0.29) is 24.0 Å². The molecule has 4 nitrogen and oxygen atoms in total. The molecule has 22 heavy (non-hydrogen) atoms. The Balaban J connectivity index is 0.00000242. The fourth-order valence-electron chi connectivity index (χ4n) is 3.59. The minimum absolute atomic E-state index is 0. The Hall–Kier alpha value is -0.0400. The molecule has 0 aromatic carbocycles. The van der Waals surface area contributed by atoms with Crippen LogP contribution in [0, 0.1) is 5.92 Å². The standard InChI is InChI=1S/C17H34N4.HI/c1-4-18-17(20-15-9-5-6-10-15)19-13-16(14(2)3)21-11-7-8-12-21;/h14-16H,4-13H2,1-3H3,(H2,18,19,20);1H. The van der Waals surface area contributed by atoms with Gasteiger partial charge < -0.3 is 10.6 Å². The zero-order valence-corrected chi connectivity index (χ0v) is 16.9. The van der Waals surface area contributed by atoms with Crippen molar-refractivity contribution in [3.05, 3.63) is 0 Å². The average molecular weight is 422 g/mol. The predicted molar refractivity (Wildman–Crippen MR) is 106 cm³/mol. The molecule has 0 spiro atoms. The summed E-state index contributed by atoms with van der Waals surface area (Å²) in [6.07, 6.45) is 8.02. The fourth-order valence-corrected chi connectivity index (χ4v) is 3.59. The normalized spacial score (nSPS) is 21.9. The summed E-state index contributed by atoms with van der Waals surface area (Å²) >= 11 is 0. The molecule has 5 heteroatoms. The molecule has 0 aromatic heterocycles. The van der Waals surface area contributed by atoms with E-state index < -0.39 is 0 Å². The summed E-state index contributed by atoms with van der Waals surface area (Å²) < 4.78 is 0. The minimum atomic E-state index is 0. The maximum Gasteiger partial charge on any atom is 0.191 e. The van der Waals surface area contributed by atoms with Crippen LogP contribution in [0.15, 0.2) is 4.99 Å². The third-order valence-corrected chi connectivity index (χ3v) is 4.86. The van der Waals surface area contributed by atoms with Crippen LogP contribution in [0.25, 0.3) is 0 Å². The molecule has 0 aromatic rings. The minimum Gasteiger partial charge on any atom is -0.357 e. The largest absolute Gasteiger partial charge is 0.357 e. The molecular formula is C17H35IN4. The van der Waals surface area contributed by atoms with Crippen LogP contribution in [0.1, 0.15) is 59.3 Å². The molecule has 2 rings (SSSR count). The van der Waals surface area contributed by atoms with Crippen molar-refractivity contribution >= 4 is 29.9 Å². The fraction of sp³-hybridized carbons (Fsp3) is 0.941. The maximum atomic E-state index is 4.90. The van der Waals surface area contributed by atoms with Gasteiger partial charge in [-0.3, -0.25) is 9.89 Å². The number of likely N-dealkylation sites (tertiary alicyclic amines) is 1. The van der Waals surface area contributed by atoms with E-state index >= 15 is 0 Å². The van der Waals surface area contributed by atoms with E-state index in [2.05, 4.69) is 36.3 Å². The smallest absolute Gasteiger partial charge is 0.191 e. The summed E-state index contributed by atoms with van der Waals surface area (Å²) in [5, 5.41) is 7.04. The quantitative estimate of drug-likeness (QED) is 0.392. The maximum absolute atomic E-state index is 4.90. The SMILES string of the molecule is CCNC(=NCC(C(C)C)N1CCCC1)NC1CCCC1.I. The second-order valence-electron chi connectivity index (χ2n) is 6.90. The highest BCUT2D eigenvalue weighted by atomic mass is 127. The monoisotopic (exact) mass is 422 g/mol. The van der Waals surface area contributed by atoms with Gasteiger partial charge in [0.05, 0.1) is 6.54 Å². The molecule has 0 amide bonds. The van der Waals surface area contributed by atoms with E-state index in [1.165, 1.54) is 51.6 Å². The zero-order chi connectivity index (χ0) is 15.1. The van der Waals surface area contributed by atoms with Gasteiger partial charge in [-0.15, -0.1) is 24.0 Å². The number of rotatable bonds is 6. The Morgan fingerprint density at radius 2 is 1.77 bits per heavy atom. The number of hydrogen-bond donors (Lipinski definition) is 2. The average Bonchev–Trinajstić information content (AvgIpc) is 3.11. The van der Waals surface area contributed by atoms with E-state index in [4.69, 9.17) is 4.99 Å². The van der Waals surface area contributed by atoms with Gasteiger partial charge in [-0.1, -0.05) is 26.7 Å². The van der Waals surface area contributed by atoms with Gasteiger partial charge in [0.2, 0.25) is 0 Å². The first-order chi connectivity index (χ1) is 10.2. The van der Waals surface area contributed by atoms with Gasteiger partial charge in [-0.05, 0) is 51.6 Å². The first-order valence-corrected chi connectivity index (χ1v) is 8.99. The zero-order valence-electron chi connectivity index (χ0n) is 14.6. The molecule has 0 radical (unpaired) electrons. The van der Waals surface area contributed by atoms with Crippen molar-refractivity contribution < 1.29 is 0 Å². The van der Waals surface area contributed by atoms with Crippen molar-refractivity contribution in [3.8, 4) is 0 Å². The molecule has 2 aliphatic rings. The summed E-state index contributed by atoms with van der Waals surface area (Å²) in [6.45, 7) is 11.2. The van der Waals surface area contributed by atoms with Crippen molar-refractivity contribution in [3.63, 3.8) is 0 Å². The molecule has 1 heterocycles. The number of hydrogen-bond acceptors (Lipinski definition) is 2. The van der Waals surface area contributed by atoms with E-state index in [0.29, 0.717) is 18.0 Å². The Labute approximate surface area is 153 Å². The van der Waals surface area contributed by atoms with Crippen LogP contribution < -0.4 is 10.6 Å². The molecule has 1 atom stereocenters. The van der Waals surface area contributed by atoms with E-state index in [1.54, 1.807) is 0 Å². The summed E-state index contributed by atoms with van der Waals surface area (Å²) in [6, 6.07) is 1.22. The molecule has 1 saturated heterocycles. The van der Waals surface area contributed by atoms with Crippen LogP contribution in [-0.2, 0) is 0 Å². The summed E-state index contributed by atoms with van der Waals surface area (Å²) in [4.78, 5) is 7.53. The van der Waals surface area contributed by atoms with Gasteiger partial charge >= 0.3 is 0 Å². The Morgan fingerprint density at radius 1 is 1.14 bits per heavy atom. The Morgan fingerprint density at radius 3 is 2.32 bits per heavy atom. The first-order valence-electron chi connectivity index (χ1n) is 8.99. The molecule has 1 aliphatic heterocycles. The molecule has 1 aliphatic carbocycles. The summed E-state index contributed by atoms with van der Waals surface area (Å²) in [5.74, 6) is 1.69. The molecule has 2 N–H and O–H groups in total. The Kier molecular flexibility index (Phi) is 9.71. The topological polar surface area (TPSA) is 39.7 Å². The molecule has 1 unspecified atom stereocenters. The molecule has 0 bridgehead atoms. The lowest BCUT2D eigenvalue weighted by Gasteiger charge is -2.30. The van der Waals surface area contributed by atoms with Crippen molar-refractivity contribution in [2.45, 2.75) is 71.4 Å². The molecule has 2 fully saturated rings. The van der Waals surface area contributed by atoms with E-state index in [9.17, 15) is 0 Å².